The normalized spacial score (nSPS) is 16.2. The van der Waals surface area contributed by atoms with Crippen LogP contribution in [-0.4, -0.2) is 28.6 Å². The van der Waals surface area contributed by atoms with Gasteiger partial charge in [0.1, 0.15) is 0 Å². The second-order valence-electron chi connectivity index (χ2n) is 9.67. The summed E-state index contributed by atoms with van der Waals surface area (Å²) in [5.41, 5.74) is 4.48. The minimum absolute atomic E-state index is 0.593. The Hall–Kier alpha value is -3.56. The van der Waals surface area contributed by atoms with E-state index in [0.717, 1.165) is 11.1 Å². The van der Waals surface area contributed by atoms with E-state index in [-0.39, 0.29) is 0 Å². The summed E-state index contributed by atoms with van der Waals surface area (Å²) >= 11 is 0. The molecular formula is C32H30N3OP. The van der Waals surface area contributed by atoms with E-state index in [9.17, 15) is 4.57 Å². The fourth-order valence-corrected chi connectivity index (χ4v) is 7.58. The smallest absolute Gasteiger partial charge is 0.262 e. The molecule has 1 aliphatic heterocycles. The van der Waals surface area contributed by atoms with Gasteiger partial charge in [-0.05, 0) is 50.7 Å². The molecule has 0 aliphatic carbocycles. The number of benzene rings is 5. The average Bonchev–Trinajstić information content (AvgIpc) is 3.23. The van der Waals surface area contributed by atoms with Crippen LogP contribution in [-0.2, 0) is 17.7 Å². The van der Waals surface area contributed by atoms with Crippen LogP contribution >= 0.6 is 7.59 Å². The Balaban J connectivity index is 1.39. The lowest BCUT2D eigenvalue weighted by atomic mass is 10.0. The van der Waals surface area contributed by atoms with Gasteiger partial charge in [-0.2, -0.15) is 0 Å². The van der Waals surface area contributed by atoms with E-state index in [0.29, 0.717) is 26.2 Å². The number of hydrogen-bond donors (Lipinski definition) is 0. The standard InChI is InChI=1S/C32H30N3OP/c1-25-10-2-3-13-28(25)22-33-37(36)34(23-29-16-8-14-26-11-4-6-18-31(26)29)20-21-35(37)24-30-17-9-15-27-12-5-7-19-32(27)30/h2-19,22H,20-21,23-24H2,1H3/b33-22+. The van der Waals surface area contributed by atoms with Crippen LogP contribution in [0.4, 0.5) is 0 Å². The Kier molecular flexibility index (Phi) is 6.48. The molecule has 6 rings (SSSR count). The lowest BCUT2D eigenvalue weighted by molar-refractivity contribution is 0.436. The van der Waals surface area contributed by atoms with Crippen molar-refractivity contribution < 1.29 is 4.57 Å². The molecule has 5 heteroatoms. The van der Waals surface area contributed by atoms with E-state index in [2.05, 4.69) is 107 Å². The third-order valence-corrected chi connectivity index (χ3v) is 9.93. The first-order valence-corrected chi connectivity index (χ1v) is 14.3. The number of hydrogen-bond acceptors (Lipinski definition) is 1. The number of aryl methyl sites for hydroxylation is 1. The summed E-state index contributed by atoms with van der Waals surface area (Å²) in [5, 5.41) is 4.80. The van der Waals surface area contributed by atoms with Gasteiger partial charge in [0.2, 0.25) is 0 Å². The summed E-state index contributed by atoms with van der Waals surface area (Å²) in [4.78, 5) is 0. The maximum atomic E-state index is 14.9. The number of rotatable bonds is 6. The first kappa shape index (κ1) is 23.8. The van der Waals surface area contributed by atoms with Gasteiger partial charge in [-0.1, -0.05) is 109 Å². The van der Waals surface area contributed by atoms with E-state index in [4.69, 9.17) is 4.76 Å². The van der Waals surface area contributed by atoms with Crippen LogP contribution in [0.25, 0.3) is 21.5 Å². The van der Waals surface area contributed by atoms with Gasteiger partial charge in [-0.15, -0.1) is 0 Å². The topological polar surface area (TPSA) is 35.9 Å². The Bertz CT molecular complexity index is 1560. The summed E-state index contributed by atoms with van der Waals surface area (Å²) < 4.78 is 24.0. The van der Waals surface area contributed by atoms with Crippen molar-refractivity contribution in [3.05, 3.63) is 131 Å². The van der Waals surface area contributed by atoms with Crippen LogP contribution in [0.1, 0.15) is 22.3 Å². The summed E-state index contributed by atoms with van der Waals surface area (Å²) in [7, 11) is -3.23. The predicted octanol–water partition coefficient (Wildman–Crippen LogP) is 7.85. The highest BCUT2D eigenvalue weighted by Crippen LogP contribution is 2.59. The second kappa shape index (κ2) is 10.1. The summed E-state index contributed by atoms with van der Waals surface area (Å²) in [5.74, 6) is 0. The van der Waals surface area contributed by atoms with Gasteiger partial charge in [0.15, 0.2) is 0 Å². The van der Waals surface area contributed by atoms with E-state index in [1.54, 1.807) is 0 Å². The van der Waals surface area contributed by atoms with Crippen molar-refractivity contribution in [3.8, 4) is 0 Å². The Morgan fingerprint density at radius 2 is 1.16 bits per heavy atom. The van der Waals surface area contributed by atoms with Crippen molar-refractivity contribution in [2.75, 3.05) is 13.1 Å². The first-order valence-electron chi connectivity index (χ1n) is 12.8. The van der Waals surface area contributed by atoms with Crippen LogP contribution in [0.3, 0.4) is 0 Å². The molecule has 0 saturated carbocycles. The van der Waals surface area contributed by atoms with Crippen LogP contribution in [0.2, 0.25) is 0 Å². The minimum Gasteiger partial charge on any atom is -0.262 e. The molecule has 5 aromatic carbocycles. The van der Waals surface area contributed by atoms with Crippen molar-refractivity contribution in [2.45, 2.75) is 20.0 Å². The molecule has 1 saturated heterocycles. The molecule has 0 bridgehead atoms. The summed E-state index contributed by atoms with van der Waals surface area (Å²) in [6.45, 7) is 4.66. The minimum atomic E-state index is -3.23. The SMILES string of the molecule is Cc1ccccc1/C=N/P1(=O)N(Cc2cccc3ccccc23)CCN1Cc1cccc2ccccc12. The van der Waals surface area contributed by atoms with Gasteiger partial charge < -0.3 is 0 Å². The molecule has 0 atom stereocenters. The molecule has 0 radical (unpaired) electrons. The molecular weight excluding hydrogens is 473 g/mol. The third kappa shape index (κ3) is 4.65. The lowest BCUT2D eigenvalue weighted by Crippen LogP contribution is -2.19. The van der Waals surface area contributed by atoms with Crippen LogP contribution < -0.4 is 0 Å². The van der Waals surface area contributed by atoms with Gasteiger partial charge in [-0.3, -0.25) is 4.57 Å². The molecule has 5 aromatic rings. The molecule has 4 nitrogen and oxygen atoms in total. The van der Waals surface area contributed by atoms with Crippen molar-refractivity contribution in [3.63, 3.8) is 0 Å². The first-order chi connectivity index (χ1) is 18.1. The zero-order valence-electron chi connectivity index (χ0n) is 21.0. The Morgan fingerprint density at radius 1 is 0.676 bits per heavy atom. The van der Waals surface area contributed by atoms with Gasteiger partial charge in [0, 0.05) is 32.4 Å². The summed E-state index contributed by atoms with van der Waals surface area (Å²) in [6, 6.07) is 37.7. The van der Waals surface area contributed by atoms with Gasteiger partial charge in [0.25, 0.3) is 0 Å². The second-order valence-corrected chi connectivity index (χ2v) is 12.1. The fourth-order valence-electron chi connectivity index (χ4n) is 5.28. The lowest BCUT2D eigenvalue weighted by Gasteiger charge is -2.27. The monoisotopic (exact) mass is 503 g/mol. The molecule has 37 heavy (non-hydrogen) atoms. The maximum Gasteiger partial charge on any atom is 0.330 e. The quantitative estimate of drug-likeness (QED) is 0.175. The Morgan fingerprint density at radius 3 is 1.73 bits per heavy atom. The molecule has 1 heterocycles. The van der Waals surface area contributed by atoms with E-state index in [1.807, 2.05) is 24.4 Å². The van der Waals surface area contributed by atoms with Crippen molar-refractivity contribution >= 4 is 35.4 Å². The van der Waals surface area contributed by atoms with Crippen molar-refractivity contribution in [2.24, 2.45) is 4.76 Å². The molecule has 0 amide bonds. The van der Waals surface area contributed by atoms with Gasteiger partial charge in [0.05, 0.1) is 0 Å². The van der Waals surface area contributed by atoms with Crippen molar-refractivity contribution in [1.29, 1.82) is 0 Å². The highest BCUT2D eigenvalue weighted by Gasteiger charge is 2.42. The molecule has 1 fully saturated rings. The fraction of sp³-hybridized carbons (Fsp3) is 0.156. The summed E-state index contributed by atoms with van der Waals surface area (Å²) in [6.07, 6.45) is 1.81. The van der Waals surface area contributed by atoms with Crippen LogP contribution in [0, 0.1) is 6.92 Å². The number of fused-ring (bicyclic) bond motifs is 2. The van der Waals surface area contributed by atoms with Crippen molar-refractivity contribution in [1.82, 2.24) is 9.34 Å². The third-order valence-electron chi connectivity index (χ3n) is 7.35. The maximum absolute atomic E-state index is 14.9. The largest absolute Gasteiger partial charge is 0.330 e. The van der Waals surface area contributed by atoms with E-state index in [1.165, 1.54) is 32.7 Å². The van der Waals surface area contributed by atoms with Gasteiger partial charge in [-0.25, -0.2) is 14.1 Å². The zero-order valence-corrected chi connectivity index (χ0v) is 21.9. The number of nitrogens with zero attached hydrogens (tertiary/aromatic N) is 3. The van der Waals surface area contributed by atoms with Gasteiger partial charge >= 0.3 is 7.59 Å². The molecule has 0 spiro atoms. The van der Waals surface area contributed by atoms with E-state index >= 15 is 0 Å². The molecule has 0 unspecified atom stereocenters. The molecule has 0 aromatic heterocycles. The van der Waals surface area contributed by atoms with Crippen LogP contribution in [0.5, 0.6) is 0 Å². The Labute approximate surface area is 218 Å². The zero-order chi connectivity index (χ0) is 25.2. The molecule has 1 aliphatic rings. The van der Waals surface area contributed by atoms with Crippen LogP contribution in [0.15, 0.2) is 114 Å². The molecule has 184 valence electrons. The highest BCUT2D eigenvalue weighted by molar-refractivity contribution is 7.58. The van der Waals surface area contributed by atoms with E-state index < -0.39 is 7.59 Å². The highest BCUT2D eigenvalue weighted by atomic mass is 31.2. The predicted molar refractivity (Wildman–Crippen MR) is 155 cm³/mol. The molecule has 0 N–H and O–H groups in total. The average molecular weight is 504 g/mol.